The molecule has 1 rings (SSSR count). The molecule has 0 saturated heterocycles. The Labute approximate surface area is 90.8 Å². The number of rotatable bonds is 6. The maximum absolute atomic E-state index is 5.52. The van der Waals surface area contributed by atoms with E-state index < -0.39 is 0 Å². The quantitative estimate of drug-likeness (QED) is 0.421. The van der Waals surface area contributed by atoms with Gasteiger partial charge in [-0.3, -0.25) is 16.3 Å². The number of nitrogens with two attached hydrogens (primary N) is 1. The highest BCUT2D eigenvalue weighted by molar-refractivity contribution is 5.24. The third-order valence-electron chi connectivity index (χ3n) is 2.41. The molecule has 15 heavy (non-hydrogen) atoms. The van der Waals surface area contributed by atoms with Crippen molar-refractivity contribution in [3.05, 3.63) is 29.6 Å². The fourth-order valence-corrected chi connectivity index (χ4v) is 1.52. The molecular formula is C11H19N3O. The molecule has 1 atom stereocenters. The largest absolute Gasteiger partial charge is 0.382 e. The summed E-state index contributed by atoms with van der Waals surface area (Å²) < 4.78 is 5.31. The first-order chi connectivity index (χ1) is 7.29. The van der Waals surface area contributed by atoms with E-state index in [1.165, 1.54) is 5.56 Å². The Bertz CT molecular complexity index is 291. The van der Waals surface area contributed by atoms with Crippen LogP contribution in [0.25, 0.3) is 0 Å². The van der Waals surface area contributed by atoms with Crippen LogP contribution in [-0.2, 0) is 4.74 Å². The molecule has 1 heterocycles. The average molecular weight is 209 g/mol. The van der Waals surface area contributed by atoms with Gasteiger partial charge in [-0.15, -0.1) is 0 Å². The number of nitrogens with zero attached hydrogens (tertiary/aromatic N) is 1. The summed E-state index contributed by atoms with van der Waals surface area (Å²) >= 11 is 0. The molecule has 0 radical (unpaired) electrons. The van der Waals surface area contributed by atoms with Crippen LogP contribution in [0.15, 0.2) is 18.5 Å². The zero-order valence-corrected chi connectivity index (χ0v) is 9.36. The van der Waals surface area contributed by atoms with Gasteiger partial charge in [0.2, 0.25) is 0 Å². The standard InChI is InChI=1S/C11H19N3O/c1-3-15-7-5-11(14-12)10-8-13-6-4-9(10)2/h4,6,8,11,14H,3,5,7,12H2,1-2H3. The number of hydrogen-bond acceptors (Lipinski definition) is 4. The number of ether oxygens (including phenoxy) is 1. The minimum absolute atomic E-state index is 0.116. The third-order valence-corrected chi connectivity index (χ3v) is 2.41. The van der Waals surface area contributed by atoms with Gasteiger partial charge < -0.3 is 4.74 Å². The fraction of sp³-hybridized carbons (Fsp3) is 0.545. The highest BCUT2D eigenvalue weighted by atomic mass is 16.5. The van der Waals surface area contributed by atoms with Gasteiger partial charge >= 0.3 is 0 Å². The van der Waals surface area contributed by atoms with Crippen molar-refractivity contribution in [3.63, 3.8) is 0 Å². The second-order valence-electron chi connectivity index (χ2n) is 3.44. The smallest absolute Gasteiger partial charge is 0.0499 e. The third kappa shape index (κ3) is 3.58. The van der Waals surface area contributed by atoms with Crippen LogP contribution in [0.3, 0.4) is 0 Å². The summed E-state index contributed by atoms with van der Waals surface area (Å²) in [6, 6.07) is 2.10. The maximum atomic E-state index is 5.52. The number of hydrogen-bond donors (Lipinski definition) is 2. The second-order valence-corrected chi connectivity index (χ2v) is 3.44. The Morgan fingerprint density at radius 3 is 3.00 bits per heavy atom. The van der Waals surface area contributed by atoms with E-state index >= 15 is 0 Å². The first-order valence-corrected chi connectivity index (χ1v) is 5.24. The highest BCUT2D eigenvalue weighted by Gasteiger charge is 2.11. The minimum atomic E-state index is 0.116. The lowest BCUT2D eigenvalue weighted by Gasteiger charge is -2.17. The number of hydrazine groups is 1. The van der Waals surface area contributed by atoms with Gasteiger partial charge in [-0.1, -0.05) is 0 Å². The molecule has 3 N–H and O–H groups in total. The molecule has 0 bridgehead atoms. The van der Waals surface area contributed by atoms with Crippen molar-refractivity contribution < 1.29 is 4.74 Å². The molecule has 4 nitrogen and oxygen atoms in total. The van der Waals surface area contributed by atoms with E-state index in [4.69, 9.17) is 10.6 Å². The van der Waals surface area contributed by atoms with Crippen molar-refractivity contribution >= 4 is 0 Å². The molecule has 0 aliphatic carbocycles. The van der Waals surface area contributed by atoms with Crippen LogP contribution in [0, 0.1) is 6.92 Å². The fourth-order valence-electron chi connectivity index (χ4n) is 1.52. The van der Waals surface area contributed by atoms with Crippen LogP contribution < -0.4 is 11.3 Å². The number of nitrogens with one attached hydrogen (secondary N) is 1. The summed E-state index contributed by atoms with van der Waals surface area (Å²) in [4.78, 5) is 4.11. The summed E-state index contributed by atoms with van der Waals surface area (Å²) in [5.41, 5.74) is 5.14. The molecule has 1 aromatic rings. The lowest BCUT2D eigenvalue weighted by molar-refractivity contribution is 0.136. The normalized spacial score (nSPS) is 12.7. The molecule has 4 heteroatoms. The Morgan fingerprint density at radius 2 is 2.40 bits per heavy atom. The first kappa shape index (κ1) is 12.1. The zero-order chi connectivity index (χ0) is 11.1. The van der Waals surface area contributed by atoms with Crippen molar-refractivity contribution in [1.82, 2.24) is 10.4 Å². The van der Waals surface area contributed by atoms with E-state index in [2.05, 4.69) is 17.3 Å². The van der Waals surface area contributed by atoms with Gasteiger partial charge in [0.25, 0.3) is 0 Å². The average Bonchev–Trinajstić information content (AvgIpc) is 2.26. The summed E-state index contributed by atoms with van der Waals surface area (Å²) in [6.07, 6.45) is 4.50. The van der Waals surface area contributed by atoms with Crippen molar-refractivity contribution in [2.24, 2.45) is 5.84 Å². The molecule has 0 aliphatic heterocycles. The monoisotopic (exact) mass is 209 g/mol. The van der Waals surface area contributed by atoms with E-state index in [0.717, 1.165) is 18.6 Å². The Balaban J connectivity index is 2.61. The molecule has 84 valence electrons. The van der Waals surface area contributed by atoms with Gasteiger partial charge in [0.1, 0.15) is 0 Å². The molecule has 1 unspecified atom stereocenters. The summed E-state index contributed by atoms with van der Waals surface area (Å²) in [5, 5.41) is 0. The van der Waals surface area contributed by atoms with Crippen molar-refractivity contribution in [2.45, 2.75) is 26.3 Å². The minimum Gasteiger partial charge on any atom is -0.382 e. The van der Waals surface area contributed by atoms with Gasteiger partial charge in [0, 0.05) is 31.6 Å². The van der Waals surface area contributed by atoms with Gasteiger partial charge in [-0.25, -0.2) is 0 Å². The lowest BCUT2D eigenvalue weighted by Crippen LogP contribution is -2.29. The second kappa shape index (κ2) is 6.50. The molecule has 0 spiro atoms. The topological polar surface area (TPSA) is 60.2 Å². The van der Waals surface area contributed by atoms with E-state index in [1.54, 1.807) is 6.20 Å². The SMILES string of the molecule is CCOCCC(NN)c1cnccc1C. The van der Waals surface area contributed by atoms with Crippen LogP contribution in [0.2, 0.25) is 0 Å². The Morgan fingerprint density at radius 1 is 1.60 bits per heavy atom. The van der Waals surface area contributed by atoms with Crippen molar-refractivity contribution in [1.29, 1.82) is 0 Å². The van der Waals surface area contributed by atoms with Gasteiger partial charge in [-0.05, 0) is 37.5 Å². The van der Waals surface area contributed by atoms with Crippen LogP contribution >= 0.6 is 0 Å². The van der Waals surface area contributed by atoms with Crippen molar-refractivity contribution in [2.75, 3.05) is 13.2 Å². The molecule has 0 aliphatic rings. The van der Waals surface area contributed by atoms with E-state index in [-0.39, 0.29) is 6.04 Å². The lowest BCUT2D eigenvalue weighted by atomic mass is 10.0. The van der Waals surface area contributed by atoms with Crippen molar-refractivity contribution in [3.8, 4) is 0 Å². The van der Waals surface area contributed by atoms with Crippen LogP contribution in [0.5, 0.6) is 0 Å². The number of aromatic nitrogens is 1. The summed E-state index contributed by atoms with van der Waals surface area (Å²) in [7, 11) is 0. The van der Waals surface area contributed by atoms with Gasteiger partial charge in [-0.2, -0.15) is 0 Å². The summed E-state index contributed by atoms with van der Waals surface area (Å²) in [6.45, 7) is 5.49. The Hall–Kier alpha value is -0.970. The Kier molecular flexibility index (Phi) is 5.25. The molecule has 0 amide bonds. The first-order valence-electron chi connectivity index (χ1n) is 5.24. The highest BCUT2D eigenvalue weighted by Crippen LogP contribution is 2.18. The van der Waals surface area contributed by atoms with E-state index in [0.29, 0.717) is 6.61 Å². The van der Waals surface area contributed by atoms with Gasteiger partial charge in [0.05, 0.1) is 0 Å². The molecule has 0 aromatic carbocycles. The van der Waals surface area contributed by atoms with Crippen LogP contribution in [0.4, 0.5) is 0 Å². The van der Waals surface area contributed by atoms with E-state index in [1.807, 2.05) is 19.2 Å². The molecule has 0 fully saturated rings. The number of aryl methyl sites for hydroxylation is 1. The van der Waals surface area contributed by atoms with Crippen LogP contribution in [-0.4, -0.2) is 18.2 Å². The van der Waals surface area contributed by atoms with Crippen LogP contribution in [0.1, 0.15) is 30.5 Å². The zero-order valence-electron chi connectivity index (χ0n) is 9.36. The van der Waals surface area contributed by atoms with Gasteiger partial charge in [0.15, 0.2) is 0 Å². The number of pyridine rings is 1. The van der Waals surface area contributed by atoms with E-state index in [9.17, 15) is 0 Å². The predicted molar refractivity (Wildman–Crippen MR) is 60.1 cm³/mol. The maximum Gasteiger partial charge on any atom is 0.0499 e. The predicted octanol–water partition coefficient (Wildman–Crippen LogP) is 1.32. The molecule has 1 aromatic heterocycles. The summed E-state index contributed by atoms with van der Waals surface area (Å²) in [5.74, 6) is 5.52. The molecular weight excluding hydrogens is 190 g/mol. The molecule has 0 saturated carbocycles.